The molecule has 14 nitrogen and oxygen atoms in total. The Labute approximate surface area is 312 Å². The molecule has 3 aliphatic rings. The van der Waals surface area contributed by atoms with Gasteiger partial charge in [0, 0.05) is 41.3 Å². The van der Waals surface area contributed by atoms with E-state index in [9.17, 15) is 24.3 Å². The summed E-state index contributed by atoms with van der Waals surface area (Å²) in [6, 6.07) is 5.25. The number of amides is 3. The maximum absolute atomic E-state index is 14.5. The third-order valence-corrected chi connectivity index (χ3v) is 10.8. The van der Waals surface area contributed by atoms with Crippen LogP contribution in [0.3, 0.4) is 0 Å². The van der Waals surface area contributed by atoms with Gasteiger partial charge in [-0.25, -0.2) is 19.6 Å². The van der Waals surface area contributed by atoms with Crippen LogP contribution in [0, 0.1) is 11.3 Å². The Hall–Kier alpha value is -4.92. The number of alkyl carbamates (subject to hydrolysis) is 1. The number of methoxy groups -OCH3 is 1. The van der Waals surface area contributed by atoms with Gasteiger partial charge in [-0.1, -0.05) is 26.8 Å². The summed E-state index contributed by atoms with van der Waals surface area (Å²) in [6.07, 6.45) is 2.68. The number of nitrogens with one attached hydrogen (secondary N) is 3. The van der Waals surface area contributed by atoms with E-state index in [1.54, 1.807) is 25.3 Å². The van der Waals surface area contributed by atoms with Crippen LogP contribution in [0.1, 0.15) is 66.7 Å². The average molecular weight is 749 g/mol. The number of ether oxygens (including phenoxy) is 3. The summed E-state index contributed by atoms with van der Waals surface area (Å²) in [5.41, 5.74) is -0.482. The summed E-state index contributed by atoms with van der Waals surface area (Å²) in [5, 5.41) is 22.2. The molecule has 0 radical (unpaired) electrons. The van der Waals surface area contributed by atoms with Gasteiger partial charge in [-0.05, 0) is 57.1 Å². The molecule has 2 saturated carbocycles. The fourth-order valence-electron chi connectivity index (χ4n) is 6.72. The second-order valence-electron chi connectivity index (χ2n) is 15.4. The number of aliphatic carboxylic acids is 1. The first kappa shape index (κ1) is 37.8. The fourth-order valence-corrected chi connectivity index (χ4v) is 7.57. The van der Waals surface area contributed by atoms with Crippen molar-refractivity contribution in [1.29, 1.82) is 0 Å². The minimum absolute atomic E-state index is 0.0116. The third kappa shape index (κ3) is 8.04. The smallest absolute Gasteiger partial charge is 0.408 e. The number of pyridine rings is 1. The van der Waals surface area contributed by atoms with E-state index in [1.165, 1.54) is 22.3 Å². The maximum atomic E-state index is 14.5. The number of likely N-dealkylation sites (tertiary alicyclic amines) is 1. The topological polar surface area (TPSA) is 181 Å². The fraction of sp³-hybridized carbons (Fsp3) is 0.526. The third-order valence-electron chi connectivity index (χ3n) is 10.0. The number of carbonyl (C=O) groups is 4. The Balaban J connectivity index is 1.33. The Morgan fingerprint density at radius 2 is 1.87 bits per heavy atom. The second-order valence-corrected chi connectivity index (χ2v) is 16.3. The van der Waals surface area contributed by atoms with Crippen LogP contribution >= 0.6 is 11.3 Å². The molecule has 2 aromatic heterocycles. The van der Waals surface area contributed by atoms with Crippen molar-refractivity contribution < 1.29 is 38.5 Å². The molecule has 3 aromatic rings. The molecule has 3 amide bonds. The molecule has 5 atom stereocenters. The van der Waals surface area contributed by atoms with Crippen molar-refractivity contribution >= 4 is 51.2 Å². The lowest BCUT2D eigenvalue weighted by atomic mass is 9.85. The van der Waals surface area contributed by atoms with Crippen LogP contribution in [0.5, 0.6) is 11.5 Å². The Morgan fingerprint density at radius 1 is 1.11 bits per heavy atom. The highest BCUT2D eigenvalue weighted by atomic mass is 32.1. The van der Waals surface area contributed by atoms with Crippen molar-refractivity contribution in [3.05, 3.63) is 42.3 Å². The maximum Gasteiger partial charge on any atom is 0.408 e. The van der Waals surface area contributed by atoms with E-state index < -0.39 is 58.9 Å². The molecule has 1 unspecified atom stereocenters. The predicted octanol–water partition coefficient (Wildman–Crippen LogP) is 5.37. The Kier molecular flexibility index (Phi) is 10.6. The van der Waals surface area contributed by atoms with Gasteiger partial charge in [0.2, 0.25) is 11.8 Å². The lowest BCUT2D eigenvalue weighted by Crippen LogP contribution is -2.59. The Bertz CT molecular complexity index is 1900. The number of aromatic nitrogens is 2. The van der Waals surface area contributed by atoms with E-state index in [2.05, 4.69) is 22.5 Å². The number of fused-ring (bicyclic) bond motifs is 1. The summed E-state index contributed by atoms with van der Waals surface area (Å²) in [4.78, 5) is 64.8. The SMILES string of the molecule is C=C[C@@H]1C[C@]1(NC(=O)[C@@H]1C[C@@H](Oc2cc(-c3csc(NC(C)C)n3)nc3cc(OC)ccc23)CN1C(=O)C(NC(=O)OC1CCC1)C(C)(C)C)C(=O)O. The van der Waals surface area contributed by atoms with Crippen LogP contribution < -0.4 is 25.4 Å². The minimum atomic E-state index is -1.51. The second kappa shape index (κ2) is 14.8. The lowest BCUT2D eigenvalue weighted by molar-refractivity contribution is -0.146. The molecule has 284 valence electrons. The molecule has 4 N–H and O–H groups in total. The number of hydrogen-bond acceptors (Lipinski definition) is 11. The number of hydrogen-bond donors (Lipinski definition) is 4. The van der Waals surface area contributed by atoms with Crippen molar-refractivity contribution in [2.24, 2.45) is 11.3 Å². The lowest BCUT2D eigenvalue weighted by Gasteiger charge is -2.36. The van der Waals surface area contributed by atoms with Gasteiger partial charge < -0.3 is 40.2 Å². The van der Waals surface area contributed by atoms with E-state index in [-0.39, 0.29) is 31.5 Å². The van der Waals surface area contributed by atoms with Crippen LogP contribution in [0.15, 0.2) is 42.3 Å². The zero-order valence-electron chi connectivity index (χ0n) is 30.9. The summed E-state index contributed by atoms with van der Waals surface area (Å²) in [7, 11) is 1.57. The van der Waals surface area contributed by atoms with E-state index >= 15 is 0 Å². The molecule has 2 aliphatic carbocycles. The van der Waals surface area contributed by atoms with Crippen molar-refractivity contribution in [2.75, 3.05) is 19.0 Å². The molecular formula is C38H48N6O8S. The van der Waals surface area contributed by atoms with Crippen LogP contribution in [-0.2, 0) is 19.1 Å². The van der Waals surface area contributed by atoms with Gasteiger partial charge in [0.25, 0.3) is 0 Å². The highest BCUT2D eigenvalue weighted by Gasteiger charge is 2.61. The van der Waals surface area contributed by atoms with Crippen molar-refractivity contribution in [3.8, 4) is 22.9 Å². The van der Waals surface area contributed by atoms with E-state index in [1.807, 2.05) is 46.1 Å². The number of benzene rings is 1. The molecule has 6 rings (SSSR count). The van der Waals surface area contributed by atoms with Gasteiger partial charge in [0.15, 0.2) is 5.13 Å². The molecule has 15 heteroatoms. The van der Waals surface area contributed by atoms with Crippen molar-refractivity contribution in [1.82, 2.24) is 25.5 Å². The van der Waals surface area contributed by atoms with E-state index in [4.69, 9.17) is 24.2 Å². The average Bonchev–Trinajstić information content (AvgIpc) is 3.36. The number of nitrogens with zero attached hydrogens (tertiary/aromatic N) is 3. The highest BCUT2D eigenvalue weighted by molar-refractivity contribution is 7.14. The van der Waals surface area contributed by atoms with E-state index in [0.717, 1.165) is 24.4 Å². The van der Waals surface area contributed by atoms with Gasteiger partial charge in [0.05, 0.1) is 24.9 Å². The summed E-state index contributed by atoms with van der Waals surface area (Å²) >= 11 is 1.46. The van der Waals surface area contributed by atoms with Crippen LogP contribution in [-0.4, -0.2) is 93.4 Å². The molecule has 1 aromatic carbocycles. The van der Waals surface area contributed by atoms with E-state index in [0.29, 0.717) is 33.8 Å². The Morgan fingerprint density at radius 3 is 2.47 bits per heavy atom. The normalized spacial score (nSPS) is 23.2. The highest BCUT2D eigenvalue weighted by Crippen LogP contribution is 2.45. The standard InChI is InChI=1S/C38H48N6O8S/c1-8-21-17-38(21,34(47)48)43-32(45)29-15-24(18-44(29)33(46)31(37(4,5)6)42-36(49)52-22-10-9-11-22)51-30-16-27(28-19-53-35(41-28)39-20(2)3)40-26-14-23(50-7)12-13-25(26)30/h8,12-14,16,19-22,24,29,31H,1,9-11,15,17-18H2,2-7H3,(H,39,41)(H,42,49)(H,43,45)(H,47,48)/t21-,24-,29+,31?,38-/m1/s1. The van der Waals surface area contributed by atoms with Gasteiger partial charge in [-0.3, -0.25) is 9.59 Å². The first-order valence-electron chi connectivity index (χ1n) is 17.9. The monoisotopic (exact) mass is 748 g/mol. The molecule has 1 aliphatic heterocycles. The predicted molar refractivity (Wildman–Crippen MR) is 200 cm³/mol. The number of anilines is 1. The molecule has 53 heavy (non-hydrogen) atoms. The number of carboxylic acid groups (broad SMARTS) is 1. The number of carboxylic acids is 1. The molecule has 3 fully saturated rings. The van der Waals surface area contributed by atoms with Crippen LogP contribution in [0.4, 0.5) is 9.93 Å². The minimum Gasteiger partial charge on any atom is -0.497 e. The molecule has 3 heterocycles. The first-order valence-corrected chi connectivity index (χ1v) is 18.8. The summed E-state index contributed by atoms with van der Waals surface area (Å²) in [5.74, 6) is -1.70. The summed E-state index contributed by atoms with van der Waals surface area (Å²) < 4.78 is 17.7. The molecule has 0 bridgehead atoms. The van der Waals surface area contributed by atoms with Gasteiger partial charge >= 0.3 is 12.1 Å². The first-order chi connectivity index (χ1) is 25.1. The molecule has 0 spiro atoms. The van der Waals surface area contributed by atoms with Gasteiger partial charge in [-0.2, -0.15) is 0 Å². The molecule has 1 saturated heterocycles. The van der Waals surface area contributed by atoms with Crippen LogP contribution in [0.25, 0.3) is 22.3 Å². The summed E-state index contributed by atoms with van der Waals surface area (Å²) in [6.45, 7) is 13.2. The number of rotatable bonds is 13. The van der Waals surface area contributed by atoms with Crippen LogP contribution in [0.2, 0.25) is 0 Å². The number of carbonyl (C=O) groups excluding carboxylic acids is 3. The van der Waals surface area contributed by atoms with Gasteiger partial charge in [-0.15, -0.1) is 17.9 Å². The largest absolute Gasteiger partial charge is 0.497 e. The number of thiazole rings is 1. The molecular weight excluding hydrogens is 701 g/mol. The van der Waals surface area contributed by atoms with Gasteiger partial charge in [0.1, 0.15) is 47.0 Å². The zero-order chi connectivity index (χ0) is 38.2. The quantitative estimate of drug-likeness (QED) is 0.165. The van der Waals surface area contributed by atoms with Crippen molar-refractivity contribution in [2.45, 2.75) is 103 Å². The van der Waals surface area contributed by atoms with Crippen molar-refractivity contribution in [3.63, 3.8) is 0 Å². The zero-order valence-corrected chi connectivity index (χ0v) is 31.7.